The van der Waals surface area contributed by atoms with Gasteiger partial charge in [0, 0.05) is 11.8 Å². The number of nitrogens with zero attached hydrogens (tertiary/aromatic N) is 4. The van der Waals surface area contributed by atoms with Crippen LogP contribution in [-0.2, 0) is 4.74 Å². The van der Waals surface area contributed by atoms with Crippen LogP contribution in [0.3, 0.4) is 0 Å². The van der Waals surface area contributed by atoms with Crippen LogP contribution in [0.25, 0.3) is 0 Å². The molecule has 0 amide bonds. The molecule has 0 bridgehead atoms. The molecule has 2 aromatic rings. The lowest BCUT2D eigenvalue weighted by atomic mass is 10.7. The Hall–Kier alpha value is -1.48. The quantitative estimate of drug-likeness (QED) is 0.774. The summed E-state index contributed by atoms with van der Waals surface area (Å²) in [6.07, 6.45) is 0. The van der Waals surface area contributed by atoms with Crippen molar-refractivity contribution in [3.63, 3.8) is 0 Å². The molecule has 0 atom stereocenters. The van der Waals surface area contributed by atoms with Gasteiger partial charge in [-0.05, 0) is 13.8 Å². The molecule has 0 aliphatic rings. The van der Waals surface area contributed by atoms with Crippen LogP contribution in [0.5, 0.6) is 0 Å². The monoisotopic (exact) mass is 272 g/mol. The molecule has 0 aromatic carbocycles. The van der Waals surface area contributed by atoms with Crippen LogP contribution in [0.2, 0.25) is 0 Å². The van der Waals surface area contributed by atoms with Crippen LogP contribution in [0.1, 0.15) is 22.6 Å². The minimum absolute atomic E-state index is 0.157. The maximum absolute atomic E-state index is 11.3. The average Bonchev–Trinajstić information content (AvgIpc) is 2.89. The Balaban J connectivity index is 2.06. The number of rotatable bonds is 4. The number of hydrogen-bond acceptors (Lipinski definition) is 9. The predicted octanol–water partition coefficient (Wildman–Crippen LogP) is 1.56. The second-order valence-corrected chi connectivity index (χ2v) is 5.16. The molecule has 0 saturated carbocycles. The van der Waals surface area contributed by atoms with E-state index >= 15 is 0 Å². The summed E-state index contributed by atoms with van der Waals surface area (Å²) < 4.78 is 10.5. The van der Waals surface area contributed by atoms with Crippen LogP contribution < -0.4 is 0 Å². The Bertz CT molecular complexity index is 524. The number of carbonyl (C=O) groups excluding carboxylic acids is 1. The van der Waals surface area contributed by atoms with Gasteiger partial charge >= 0.3 is 11.9 Å². The Morgan fingerprint density at radius 2 is 2.24 bits per heavy atom. The molecule has 0 saturated heterocycles. The third kappa shape index (κ3) is 3.01. The van der Waals surface area contributed by atoms with E-state index in [9.17, 15) is 4.79 Å². The zero-order valence-corrected chi connectivity index (χ0v) is 10.7. The molecule has 0 unspecified atom stereocenters. The minimum atomic E-state index is -0.625. The summed E-state index contributed by atoms with van der Waals surface area (Å²) in [4.78, 5) is 11.3. The highest BCUT2D eigenvalue weighted by molar-refractivity contribution is 8.00. The Labute approximate surface area is 105 Å². The van der Waals surface area contributed by atoms with Gasteiger partial charge in [0.2, 0.25) is 0 Å². The summed E-state index contributed by atoms with van der Waals surface area (Å²) in [7, 11) is 0. The lowest BCUT2D eigenvalue weighted by molar-refractivity contribution is 0.0475. The van der Waals surface area contributed by atoms with Crippen molar-refractivity contribution < 1.29 is 13.9 Å². The molecular weight excluding hydrogens is 264 g/mol. The molecule has 0 spiro atoms. The van der Waals surface area contributed by atoms with Gasteiger partial charge in [-0.15, -0.1) is 15.3 Å². The molecule has 7 nitrogen and oxygen atoms in total. The van der Waals surface area contributed by atoms with Gasteiger partial charge in [0.1, 0.15) is 5.01 Å². The van der Waals surface area contributed by atoms with Gasteiger partial charge < -0.3 is 9.15 Å². The fourth-order valence-corrected chi connectivity index (χ4v) is 2.51. The van der Waals surface area contributed by atoms with Crippen LogP contribution in [0.15, 0.2) is 14.0 Å². The number of hydrogen-bond donors (Lipinski definition) is 0. The van der Waals surface area contributed by atoms with E-state index in [2.05, 4.69) is 20.4 Å². The lowest BCUT2D eigenvalue weighted by Gasteiger charge is -1.93. The zero-order valence-electron chi connectivity index (χ0n) is 9.04. The summed E-state index contributed by atoms with van der Waals surface area (Å²) >= 11 is 2.57. The number of aromatic nitrogens is 4. The molecule has 0 fully saturated rings. The highest BCUT2D eigenvalue weighted by Crippen LogP contribution is 2.28. The Kier molecular flexibility index (Phi) is 3.69. The molecule has 2 heterocycles. The molecule has 2 rings (SSSR count). The SMILES string of the molecule is CCOC(=O)c1nnc(Sc2nnc(C)s2)o1. The minimum Gasteiger partial charge on any atom is -0.459 e. The second-order valence-electron chi connectivity index (χ2n) is 2.78. The Morgan fingerprint density at radius 3 is 2.88 bits per heavy atom. The van der Waals surface area contributed by atoms with Gasteiger partial charge in [-0.1, -0.05) is 16.4 Å². The number of aryl methyl sites for hydroxylation is 1. The fraction of sp³-hybridized carbons (Fsp3) is 0.375. The van der Waals surface area contributed by atoms with E-state index in [-0.39, 0.29) is 17.7 Å². The van der Waals surface area contributed by atoms with Crippen LogP contribution in [0.4, 0.5) is 0 Å². The molecule has 90 valence electrons. The molecular formula is C8H8N4O3S2. The first-order valence-corrected chi connectivity index (χ1v) is 6.31. The summed E-state index contributed by atoms with van der Waals surface area (Å²) in [5.41, 5.74) is 0. The van der Waals surface area contributed by atoms with Crippen molar-refractivity contribution in [1.82, 2.24) is 20.4 Å². The number of ether oxygens (including phenoxy) is 1. The summed E-state index contributed by atoms with van der Waals surface area (Å²) in [5.74, 6) is -0.782. The van der Waals surface area contributed by atoms with Crippen molar-refractivity contribution in [2.75, 3.05) is 6.61 Å². The molecule has 17 heavy (non-hydrogen) atoms. The van der Waals surface area contributed by atoms with Gasteiger partial charge in [0.15, 0.2) is 4.34 Å². The summed E-state index contributed by atoms with van der Waals surface area (Å²) in [6.45, 7) is 3.81. The van der Waals surface area contributed by atoms with E-state index in [0.717, 1.165) is 16.8 Å². The topological polar surface area (TPSA) is 91.0 Å². The highest BCUT2D eigenvalue weighted by Gasteiger charge is 2.17. The zero-order chi connectivity index (χ0) is 12.3. The third-order valence-corrected chi connectivity index (χ3v) is 3.27. The van der Waals surface area contributed by atoms with Crippen molar-refractivity contribution in [2.24, 2.45) is 0 Å². The summed E-state index contributed by atoms with van der Waals surface area (Å²) in [6, 6.07) is 0. The van der Waals surface area contributed by atoms with Crippen LogP contribution in [-0.4, -0.2) is 33.0 Å². The predicted molar refractivity (Wildman–Crippen MR) is 59.0 cm³/mol. The van der Waals surface area contributed by atoms with E-state index in [1.807, 2.05) is 6.92 Å². The van der Waals surface area contributed by atoms with Gasteiger partial charge in [-0.3, -0.25) is 0 Å². The number of carbonyl (C=O) groups is 1. The van der Waals surface area contributed by atoms with E-state index in [1.165, 1.54) is 11.3 Å². The maximum atomic E-state index is 11.3. The van der Waals surface area contributed by atoms with Gasteiger partial charge in [-0.2, -0.15) is 0 Å². The van der Waals surface area contributed by atoms with Crippen molar-refractivity contribution in [2.45, 2.75) is 23.4 Å². The molecule has 0 radical (unpaired) electrons. The van der Waals surface area contributed by atoms with E-state index in [0.29, 0.717) is 4.34 Å². The fourth-order valence-electron chi connectivity index (χ4n) is 0.921. The summed E-state index contributed by atoms with van der Waals surface area (Å²) in [5, 5.41) is 16.1. The van der Waals surface area contributed by atoms with Gasteiger partial charge in [-0.25, -0.2) is 4.79 Å². The van der Waals surface area contributed by atoms with Gasteiger partial charge in [0.25, 0.3) is 5.22 Å². The van der Waals surface area contributed by atoms with Crippen LogP contribution in [0, 0.1) is 6.92 Å². The highest BCUT2D eigenvalue weighted by atomic mass is 32.2. The molecule has 0 N–H and O–H groups in total. The van der Waals surface area contributed by atoms with Crippen molar-refractivity contribution in [1.29, 1.82) is 0 Å². The lowest BCUT2D eigenvalue weighted by Crippen LogP contribution is -2.04. The first-order chi connectivity index (χ1) is 8.19. The molecule has 0 aliphatic heterocycles. The van der Waals surface area contributed by atoms with E-state index < -0.39 is 5.97 Å². The Morgan fingerprint density at radius 1 is 1.41 bits per heavy atom. The third-order valence-electron chi connectivity index (χ3n) is 1.54. The first-order valence-electron chi connectivity index (χ1n) is 4.67. The van der Waals surface area contributed by atoms with Crippen LogP contribution >= 0.6 is 23.1 Å². The smallest absolute Gasteiger partial charge is 0.396 e. The van der Waals surface area contributed by atoms with Crippen molar-refractivity contribution in [3.05, 3.63) is 10.9 Å². The number of esters is 1. The normalized spacial score (nSPS) is 10.5. The standard InChI is InChI=1S/C8H8N4O3S2/c1-3-14-6(13)5-10-11-7(15-5)17-8-12-9-4(2)16-8/h3H2,1-2H3. The van der Waals surface area contributed by atoms with Crippen molar-refractivity contribution >= 4 is 29.1 Å². The van der Waals surface area contributed by atoms with Gasteiger partial charge in [0.05, 0.1) is 6.61 Å². The largest absolute Gasteiger partial charge is 0.459 e. The molecule has 2 aromatic heterocycles. The van der Waals surface area contributed by atoms with E-state index in [4.69, 9.17) is 9.15 Å². The maximum Gasteiger partial charge on any atom is 0.396 e. The second kappa shape index (κ2) is 5.23. The van der Waals surface area contributed by atoms with Crippen molar-refractivity contribution in [3.8, 4) is 0 Å². The molecule has 9 heteroatoms. The molecule has 0 aliphatic carbocycles. The van der Waals surface area contributed by atoms with E-state index in [1.54, 1.807) is 6.92 Å². The first kappa shape index (κ1) is 12.0. The average molecular weight is 272 g/mol.